The van der Waals surface area contributed by atoms with Crippen molar-refractivity contribution in [3.8, 4) is 5.75 Å². The maximum atomic E-state index is 12.8. The second-order valence-electron chi connectivity index (χ2n) is 9.21. The molecule has 0 spiro atoms. The molecule has 3 aromatic rings. The molecule has 8 nitrogen and oxygen atoms in total. The number of amides is 2. The first-order valence-electron chi connectivity index (χ1n) is 12.0. The topological polar surface area (TPSA) is 112 Å². The second kappa shape index (κ2) is 11.7. The van der Waals surface area contributed by atoms with Gasteiger partial charge < -0.3 is 15.8 Å². The summed E-state index contributed by atoms with van der Waals surface area (Å²) in [7, 11) is 0. The van der Waals surface area contributed by atoms with Crippen molar-refractivity contribution >= 4 is 51.5 Å². The van der Waals surface area contributed by atoms with E-state index < -0.39 is 5.91 Å². The number of thiophene rings is 1. The van der Waals surface area contributed by atoms with E-state index in [2.05, 4.69) is 29.0 Å². The van der Waals surface area contributed by atoms with Crippen LogP contribution in [0.4, 0.5) is 5.00 Å². The maximum absolute atomic E-state index is 12.8. The minimum Gasteiger partial charge on any atom is -0.486 e. The fourth-order valence-corrected chi connectivity index (χ4v) is 6.68. The molecule has 0 saturated heterocycles. The number of rotatable bonds is 10. The van der Waals surface area contributed by atoms with Crippen LogP contribution in [0.2, 0.25) is 5.02 Å². The number of anilines is 1. The lowest BCUT2D eigenvalue weighted by Crippen LogP contribution is -2.20. The van der Waals surface area contributed by atoms with Crippen LogP contribution in [0.5, 0.6) is 5.75 Å². The highest BCUT2D eigenvalue weighted by Gasteiger charge is 2.27. The Labute approximate surface area is 229 Å². The van der Waals surface area contributed by atoms with Crippen molar-refractivity contribution in [1.82, 2.24) is 14.8 Å². The predicted octanol–water partition coefficient (Wildman–Crippen LogP) is 5.33. The molecule has 2 aromatic heterocycles. The number of aromatic nitrogens is 3. The van der Waals surface area contributed by atoms with Crippen LogP contribution in [0, 0.1) is 19.8 Å². The van der Waals surface area contributed by atoms with Crippen LogP contribution in [-0.4, -0.2) is 32.3 Å². The Hall–Kier alpha value is -2.82. The largest absolute Gasteiger partial charge is 0.486 e. The Balaban J connectivity index is 1.42. The van der Waals surface area contributed by atoms with Gasteiger partial charge in [-0.05, 0) is 67.9 Å². The van der Waals surface area contributed by atoms with E-state index in [0.717, 1.165) is 45.9 Å². The third-order valence-corrected chi connectivity index (χ3v) is 8.96. The number of aryl methyl sites for hydroxylation is 2. The lowest BCUT2D eigenvalue weighted by Gasteiger charge is -2.18. The monoisotopic (exact) mass is 559 g/mol. The van der Waals surface area contributed by atoms with Gasteiger partial charge in [-0.3, -0.25) is 14.2 Å². The van der Waals surface area contributed by atoms with Crippen LogP contribution >= 0.6 is 34.7 Å². The molecule has 4 rings (SSSR count). The van der Waals surface area contributed by atoms with E-state index in [-0.39, 0.29) is 18.3 Å². The minimum atomic E-state index is -0.503. The quantitative estimate of drug-likeness (QED) is 0.256. The van der Waals surface area contributed by atoms with E-state index in [1.165, 1.54) is 23.1 Å². The molecule has 3 N–H and O–H groups in total. The van der Waals surface area contributed by atoms with Crippen molar-refractivity contribution in [1.29, 1.82) is 0 Å². The maximum Gasteiger partial charge on any atom is 0.251 e. The van der Waals surface area contributed by atoms with Gasteiger partial charge in [-0.1, -0.05) is 36.4 Å². The van der Waals surface area contributed by atoms with Gasteiger partial charge in [0.15, 0.2) is 11.0 Å². The number of nitrogens with one attached hydrogen (secondary N) is 1. The van der Waals surface area contributed by atoms with Gasteiger partial charge in [0.1, 0.15) is 17.4 Å². The minimum absolute atomic E-state index is 0.100. The number of thioether (sulfide) groups is 1. The number of hydrogen-bond acceptors (Lipinski definition) is 7. The molecule has 0 saturated carbocycles. The molecule has 0 fully saturated rings. The van der Waals surface area contributed by atoms with E-state index in [1.54, 1.807) is 6.08 Å². The molecule has 0 radical (unpaired) electrons. The molecule has 0 aliphatic heterocycles. The number of primary amides is 1. The Bertz CT molecular complexity index is 1330. The summed E-state index contributed by atoms with van der Waals surface area (Å²) >= 11 is 8.97. The average Bonchev–Trinajstić information content (AvgIpc) is 3.39. The number of nitrogens with zero attached hydrogens (tertiary/aromatic N) is 3. The Morgan fingerprint density at radius 3 is 2.76 bits per heavy atom. The van der Waals surface area contributed by atoms with E-state index in [9.17, 15) is 9.59 Å². The molecular formula is C26H30ClN5O3S2. The van der Waals surface area contributed by atoms with Gasteiger partial charge in [0.05, 0.1) is 11.3 Å². The van der Waals surface area contributed by atoms with Crippen molar-refractivity contribution in [3.63, 3.8) is 0 Å². The molecular weight excluding hydrogens is 530 g/mol. The normalized spacial score (nSPS) is 14.8. The van der Waals surface area contributed by atoms with Gasteiger partial charge in [0, 0.05) is 16.4 Å². The number of hydrogen-bond donors (Lipinski definition) is 2. The molecule has 1 aliphatic carbocycles. The smallest absolute Gasteiger partial charge is 0.251 e. The number of halogens is 1. The summed E-state index contributed by atoms with van der Waals surface area (Å²) in [4.78, 5) is 26.1. The first-order valence-corrected chi connectivity index (χ1v) is 14.1. The second-order valence-corrected chi connectivity index (χ2v) is 11.6. The fraction of sp³-hybridized carbons (Fsp3) is 0.385. The van der Waals surface area contributed by atoms with Crippen molar-refractivity contribution in [2.45, 2.75) is 58.3 Å². The molecule has 37 heavy (non-hydrogen) atoms. The van der Waals surface area contributed by atoms with Crippen molar-refractivity contribution in [3.05, 3.63) is 62.8 Å². The number of nitrogens with two attached hydrogens (primary N) is 1. The third kappa shape index (κ3) is 6.19. The van der Waals surface area contributed by atoms with Gasteiger partial charge in [-0.25, -0.2) is 0 Å². The number of allylic oxidation sites excluding steroid dienone is 1. The van der Waals surface area contributed by atoms with Crippen LogP contribution in [-0.2, 0) is 30.8 Å². The number of carbonyl (C=O) groups is 2. The SMILES string of the molecule is C=CCn1c(COc2cc(C)c(Cl)c(C)c2)nnc1SCC(=O)Nc1sc2c(c1C(N)=O)CCC(C)C2. The lowest BCUT2D eigenvalue weighted by atomic mass is 9.88. The van der Waals surface area contributed by atoms with Crippen molar-refractivity contribution in [2.24, 2.45) is 11.7 Å². The summed E-state index contributed by atoms with van der Waals surface area (Å²) in [5.41, 5.74) is 8.98. The third-order valence-electron chi connectivity index (χ3n) is 6.23. The number of ether oxygens (including phenoxy) is 1. The summed E-state index contributed by atoms with van der Waals surface area (Å²) in [6.07, 6.45) is 4.45. The summed E-state index contributed by atoms with van der Waals surface area (Å²) in [5, 5.41) is 13.3. The predicted molar refractivity (Wildman–Crippen MR) is 149 cm³/mol. The van der Waals surface area contributed by atoms with E-state index in [0.29, 0.717) is 39.8 Å². The van der Waals surface area contributed by atoms with Gasteiger partial charge in [-0.2, -0.15) is 0 Å². The van der Waals surface area contributed by atoms with E-state index in [1.807, 2.05) is 30.5 Å². The van der Waals surface area contributed by atoms with Crippen LogP contribution in [0.1, 0.15) is 51.1 Å². The number of carbonyl (C=O) groups excluding carboxylic acids is 2. The highest BCUT2D eigenvalue weighted by atomic mass is 35.5. The number of benzene rings is 1. The fourth-order valence-electron chi connectivity index (χ4n) is 4.37. The average molecular weight is 560 g/mol. The number of fused-ring (bicyclic) bond motifs is 1. The summed E-state index contributed by atoms with van der Waals surface area (Å²) in [6, 6.07) is 3.76. The van der Waals surface area contributed by atoms with Gasteiger partial charge in [0.25, 0.3) is 5.91 Å². The molecule has 1 aliphatic rings. The molecule has 196 valence electrons. The zero-order chi connectivity index (χ0) is 26.7. The van der Waals surface area contributed by atoms with Crippen LogP contribution in [0.15, 0.2) is 29.9 Å². The van der Waals surface area contributed by atoms with Crippen LogP contribution in [0.3, 0.4) is 0 Å². The van der Waals surface area contributed by atoms with E-state index >= 15 is 0 Å². The van der Waals surface area contributed by atoms with Crippen molar-refractivity contribution < 1.29 is 14.3 Å². The standard InChI is InChI=1S/C26H30ClN5O3S2/c1-5-8-32-20(12-35-17-10-15(3)23(27)16(4)11-17)30-31-26(32)36-13-21(33)29-25-22(24(28)34)18-7-6-14(2)9-19(18)37-25/h5,10-11,14H,1,6-9,12-13H2,2-4H3,(H2,28,34)(H,29,33). The summed E-state index contributed by atoms with van der Waals surface area (Å²) in [5.74, 6) is 1.22. The molecule has 0 bridgehead atoms. The highest BCUT2D eigenvalue weighted by molar-refractivity contribution is 7.99. The molecule has 11 heteroatoms. The zero-order valence-corrected chi connectivity index (χ0v) is 23.5. The molecule has 2 amide bonds. The van der Waals surface area contributed by atoms with E-state index in [4.69, 9.17) is 22.1 Å². The summed E-state index contributed by atoms with van der Waals surface area (Å²) in [6.45, 7) is 10.5. The highest BCUT2D eigenvalue weighted by Crippen LogP contribution is 2.39. The van der Waals surface area contributed by atoms with Crippen molar-refractivity contribution in [2.75, 3.05) is 11.1 Å². The first-order chi connectivity index (χ1) is 17.7. The Morgan fingerprint density at radius 2 is 2.08 bits per heavy atom. The van der Waals surface area contributed by atoms with Crippen LogP contribution < -0.4 is 15.8 Å². The van der Waals surface area contributed by atoms with Crippen LogP contribution in [0.25, 0.3) is 0 Å². The Morgan fingerprint density at radius 1 is 1.35 bits per heavy atom. The van der Waals surface area contributed by atoms with Gasteiger partial charge >= 0.3 is 0 Å². The van der Waals surface area contributed by atoms with Gasteiger partial charge in [-0.15, -0.1) is 28.1 Å². The Kier molecular flexibility index (Phi) is 8.61. The van der Waals surface area contributed by atoms with Gasteiger partial charge in [0.2, 0.25) is 5.91 Å². The molecule has 2 heterocycles. The summed E-state index contributed by atoms with van der Waals surface area (Å²) < 4.78 is 7.81. The molecule has 1 atom stereocenters. The first kappa shape index (κ1) is 27.2. The molecule has 1 aromatic carbocycles. The molecule has 1 unspecified atom stereocenters. The lowest BCUT2D eigenvalue weighted by molar-refractivity contribution is -0.113. The zero-order valence-electron chi connectivity index (χ0n) is 21.1.